The smallest absolute Gasteiger partial charge is 0.228 e. The average molecular weight is 220 g/mol. The Morgan fingerprint density at radius 1 is 1.44 bits per heavy atom. The van der Waals surface area contributed by atoms with Crippen LogP contribution >= 0.6 is 0 Å². The fraction of sp³-hybridized carbons (Fsp3) is 0.545. The van der Waals surface area contributed by atoms with E-state index in [-0.39, 0.29) is 11.8 Å². The van der Waals surface area contributed by atoms with E-state index in [1.165, 1.54) is 6.33 Å². The van der Waals surface area contributed by atoms with Crippen molar-refractivity contribution in [2.75, 3.05) is 18.4 Å². The molecule has 5 heteroatoms. The fourth-order valence-electron chi connectivity index (χ4n) is 1.84. The summed E-state index contributed by atoms with van der Waals surface area (Å²) in [6, 6.07) is 1.78. The molecule has 0 bridgehead atoms. The Hall–Kier alpha value is -1.49. The number of nitrogens with zero attached hydrogens (tertiary/aromatic N) is 2. The van der Waals surface area contributed by atoms with E-state index < -0.39 is 0 Å². The van der Waals surface area contributed by atoms with Gasteiger partial charge >= 0.3 is 0 Å². The highest BCUT2D eigenvalue weighted by molar-refractivity contribution is 5.91. The zero-order valence-electron chi connectivity index (χ0n) is 9.36. The lowest BCUT2D eigenvalue weighted by molar-refractivity contribution is -0.120. The van der Waals surface area contributed by atoms with Gasteiger partial charge in [-0.3, -0.25) is 4.79 Å². The maximum absolute atomic E-state index is 11.9. The maximum atomic E-state index is 11.9. The summed E-state index contributed by atoms with van der Waals surface area (Å²) in [5.41, 5.74) is 0.857. The van der Waals surface area contributed by atoms with Crippen LogP contribution in [0.5, 0.6) is 0 Å². The number of piperidine rings is 1. The second-order valence-corrected chi connectivity index (χ2v) is 4.06. The number of carbonyl (C=O) groups is 1. The third kappa shape index (κ3) is 2.76. The van der Waals surface area contributed by atoms with E-state index in [0.29, 0.717) is 5.82 Å². The van der Waals surface area contributed by atoms with Crippen molar-refractivity contribution in [1.82, 2.24) is 15.3 Å². The van der Waals surface area contributed by atoms with Crippen molar-refractivity contribution >= 4 is 11.7 Å². The zero-order valence-corrected chi connectivity index (χ0v) is 9.36. The number of aromatic nitrogens is 2. The van der Waals surface area contributed by atoms with Gasteiger partial charge in [-0.05, 0) is 32.9 Å². The summed E-state index contributed by atoms with van der Waals surface area (Å²) < 4.78 is 0. The Labute approximate surface area is 94.7 Å². The number of carbonyl (C=O) groups excluding carboxylic acids is 1. The van der Waals surface area contributed by atoms with E-state index in [2.05, 4.69) is 20.6 Å². The molecule has 2 heterocycles. The lowest BCUT2D eigenvalue weighted by atomic mass is 9.97. The van der Waals surface area contributed by atoms with Crippen molar-refractivity contribution in [3.8, 4) is 0 Å². The molecule has 16 heavy (non-hydrogen) atoms. The summed E-state index contributed by atoms with van der Waals surface area (Å²) in [5, 5.41) is 6.07. The minimum Gasteiger partial charge on any atom is -0.317 e. The SMILES string of the molecule is Cc1cc(NC(=O)C2CCNCC2)ncn1. The number of aryl methyl sites for hydroxylation is 1. The minimum absolute atomic E-state index is 0.0691. The Kier molecular flexibility index (Phi) is 3.46. The highest BCUT2D eigenvalue weighted by atomic mass is 16.1. The molecule has 1 aliphatic heterocycles. The Balaban J connectivity index is 1.96. The molecule has 0 radical (unpaired) electrons. The van der Waals surface area contributed by atoms with Crippen LogP contribution in [0.15, 0.2) is 12.4 Å². The van der Waals surface area contributed by atoms with E-state index in [1.807, 2.05) is 6.92 Å². The van der Waals surface area contributed by atoms with Gasteiger partial charge in [0.15, 0.2) is 0 Å². The van der Waals surface area contributed by atoms with Gasteiger partial charge in [0.1, 0.15) is 12.1 Å². The molecule has 0 atom stereocenters. The first-order valence-electron chi connectivity index (χ1n) is 5.56. The van der Waals surface area contributed by atoms with E-state index in [9.17, 15) is 4.79 Å². The lowest BCUT2D eigenvalue weighted by Gasteiger charge is -2.21. The molecule has 1 aromatic heterocycles. The predicted octanol–water partition coefficient (Wildman–Crippen LogP) is 0.723. The molecular weight excluding hydrogens is 204 g/mol. The van der Waals surface area contributed by atoms with Crippen molar-refractivity contribution in [2.24, 2.45) is 5.92 Å². The van der Waals surface area contributed by atoms with Crippen molar-refractivity contribution in [3.63, 3.8) is 0 Å². The molecule has 1 saturated heterocycles. The first-order valence-corrected chi connectivity index (χ1v) is 5.56. The number of nitrogens with one attached hydrogen (secondary N) is 2. The van der Waals surface area contributed by atoms with E-state index in [0.717, 1.165) is 31.6 Å². The number of hydrogen-bond donors (Lipinski definition) is 2. The Bertz CT molecular complexity index is 374. The normalized spacial score (nSPS) is 17.1. The molecule has 0 aliphatic carbocycles. The third-order valence-corrected chi connectivity index (χ3v) is 2.77. The van der Waals surface area contributed by atoms with Crippen LogP contribution in [0.1, 0.15) is 18.5 Å². The maximum Gasteiger partial charge on any atom is 0.228 e. The minimum atomic E-state index is 0.0691. The van der Waals surface area contributed by atoms with Gasteiger partial charge in [0.2, 0.25) is 5.91 Å². The van der Waals surface area contributed by atoms with Crippen LogP contribution in [-0.2, 0) is 4.79 Å². The second-order valence-electron chi connectivity index (χ2n) is 4.06. The van der Waals surface area contributed by atoms with E-state index in [1.54, 1.807) is 6.07 Å². The highest BCUT2D eigenvalue weighted by Gasteiger charge is 2.20. The lowest BCUT2D eigenvalue weighted by Crippen LogP contribution is -2.34. The Morgan fingerprint density at radius 2 is 2.19 bits per heavy atom. The van der Waals surface area contributed by atoms with Gasteiger partial charge in [0.25, 0.3) is 0 Å². The number of rotatable bonds is 2. The first kappa shape index (κ1) is 11.0. The molecule has 2 rings (SSSR count). The van der Waals surface area contributed by atoms with Crippen molar-refractivity contribution < 1.29 is 4.79 Å². The van der Waals surface area contributed by atoms with Gasteiger partial charge < -0.3 is 10.6 Å². The van der Waals surface area contributed by atoms with Gasteiger partial charge in [-0.2, -0.15) is 0 Å². The van der Waals surface area contributed by atoms with Crippen LogP contribution in [0.3, 0.4) is 0 Å². The molecule has 86 valence electrons. The van der Waals surface area contributed by atoms with E-state index in [4.69, 9.17) is 0 Å². The molecule has 1 aliphatic rings. The fourth-order valence-corrected chi connectivity index (χ4v) is 1.84. The van der Waals surface area contributed by atoms with Crippen molar-refractivity contribution in [3.05, 3.63) is 18.1 Å². The molecular formula is C11H16N4O. The molecule has 5 nitrogen and oxygen atoms in total. The van der Waals surface area contributed by atoms with Gasteiger partial charge in [-0.1, -0.05) is 0 Å². The monoisotopic (exact) mass is 220 g/mol. The van der Waals surface area contributed by atoms with Crippen LogP contribution in [0.25, 0.3) is 0 Å². The number of anilines is 1. The highest BCUT2D eigenvalue weighted by Crippen LogP contribution is 2.14. The standard InChI is InChI=1S/C11H16N4O/c1-8-6-10(14-7-13-8)15-11(16)9-2-4-12-5-3-9/h6-7,9,12H,2-5H2,1H3,(H,13,14,15,16). The second kappa shape index (κ2) is 5.03. The molecule has 1 amide bonds. The summed E-state index contributed by atoms with van der Waals surface area (Å²) in [4.78, 5) is 19.9. The van der Waals surface area contributed by atoms with Crippen LogP contribution in [0.2, 0.25) is 0 Å². The van der Waals surface area contributed by atoms with Crippen LogP contribution in [-0.4, -0.2) is 29.0 Å². The summed E-state index contributed by atoms with van der Waals surface area (Å²) in [7, 11) is 0. The number of hydrogen-bond acceptors (Lipinski definition) is 4. The molecule has 2 N–H and O–H groups in total. The van der Waals surface area contributed by atoms with Gasteiger partial charge in [0, 0.05) is 17.7 Å². The van der Waals surface area contributed by atoms with Crippen LogP contribution < -0.4 is 10.6 Å². The summed E-state index contributed by atoms with van der Waals surface area (Å²) in [5.74, 6) is 0.771. The zero-order chi connectivity index (χ0) is 11.4. The van der Waals surface area contributed by atoms with Crippen LogP contribution in [0.4, 0.5) is 5.82 Å². The summed E-state index contributed by atoms with van der Waals surface area (Å²) in [6.07, 6.45) is 3.26. The quantitative estimate of drug-likeness (QED) is 0.770. The largest absolute Gasteiger partial charge is 0.317 e. The van der Waals surface area contributed by atoms with Gasteiger partial charge in [-0.25, -0.2) is 9.97 Å². The summed E-state index contributed by atoms with van der Waals surface area (Å²) in [6.45, 7) is 3.71. The summed E-state index contributed by atoms with van der Waals surface area (Å²) >= 11 is 0. The van der Waals surface area contributed by atoms with Gasteiger partial charge in [0.05, 0.1) is 0 Å². The van der Waals surface area contributed by atoms with Crippen molar-refractivity contribution in [2.45, 2.75) is 19.8 Å². The molecule has 1 fully saturated rings. The third-order valence-electron chi connectivity index (χ3n) is 2.77. The first-order chi connectivity index (χ1) is 7.75. The van der Waals surface area contributed by atoms with Crippen LogP contribution in [0, 0.1) is 12.8 Å². The van der Waals surface area contributed by atoms with Gasteiger partial charge in [-0.15, -0.1) is 0 Å². The number of amides is 1. The molecule has 0 aromatic carbocycles. The molecule has 0 saturated carbocycles. The van der Waals surface area contributed by atoms with Crippen molar-refractivity contribution in [1.29, 1.82) is 0 Å². The average Bonchev–Trinajstić information content (AvgIpc) is 2.30. The molecule has 0 unspecified atom stereocenters. The Morgan fingerprint density at radius 3 is 2.88 bits per heavy atom. The molecule has 0 spiro atoms. The van der Waals surface area contributed by atoms with E-state index >= 15 is 0 Å². The predicted molar refractivity (Wildman–Crippen MR) is 61.0 cm³/mol. The molecule has 1 aromatic rings. The topological polar surface area (TPSA) is 66.9 Å².